The van der Waals surface area contributed by atoms with Crippen molar-refractivity contribution in [1.29, 1.82) is 10.5 Å². The molecule has 0 bridgehead atoms. The van der Waals surface area contributed by atoms with E-state index in [2.05, 4.69) is 63.3 Å². The van der Waals surface area contributed by atoms with Gasteiger partial charge in [0.15, 0.2) is 0 Å². The lowest BCUT2D eigenvalue weighted by Gasteiger charge is -2.13. The zero-order chi connectivity index (χ0) is 40.4. The van der Waals surface area contributed by atoms with Crippen LogP contribution < -0.4 is 21.3 Å². The Labute approximate surface area is 340 Å². The van der Waals surface area contributed by atoms with Gasteiger partial charge in [0.05, 0.1) is 56.0 Å². The molecule has 4 N–H and O–H groups in total. The van der Waals surface area contributed by atoms with Gasteiger partial charge >= 0.3 is 0 Å². The van der Waals surface area contributed by atoms with E-state index in [0.717, 1.165) is 11.1 Å². The second kappa shape index (κ2) is 18.0. The first-order valence-corrected chi connectivity index (χ1v) is 18.1. The van der Waals surface area contributed by atoms with Crippen molar-refractivity contribution in [2.45, 2.75) is 13.1 Å². The molecule has 0 spiro atoms. The number of aromatic nitrogens is 6. The maximum Gasteiger partial charge on any atom is 0.141 e. The number of halogens is 4. The summed E-state index contributed by atoms with van der Waals surface area (Å²) >= 11 is 11.8. The van der Waals surface area contributed by atoms with E-state index < -0.39 is 11.6 Å². The van der Waals surface area contributed by atoms with Crippen molar-refractivity contribution in [3.63, 3.8) is 0 Å². The molecule has 58 heavy (non-hydrogen) atoms. The van der Waals surface area contributed by atoms with Gasteiger partial charge < -0.3 is 21.3 Å². The molecule has 0 saturated carbocycles. The van der Waals surface area contributed by atoms with Crippen molar-refractivity contribution >= 4 is 79.4 Å². The Kier molecular flexibility index (Phi) is 12.0. The van der Waals surface area contributed by atoms with E-state index in [9.17, 15) is 19.3 Å². The number of nitrogens with zero attached hydrogens (tertiary/aromatic N) is 8. The Morgan fingerprint density at radius 1 is 0.552 bits per heavy atom. The fourth-order valence-corrected chi connectivity index (χ4v) is 6.01. The van der Waals surface area contributed by atoms with Gasteiger partial charge in [-0.3, -0.25) is 19.9 Å². The molecule has 0 atom stereocenters. The van der Waals surface area contributed by atoms with Gasteiger partial charge in [0.1, 0.15) is 35.4 Å². The summed E-state index contributed by atoms with van der Waals surface area (Å²) in [6.07, 6.45) is 13.2. The van der Waals surface area contributed by atoms with Crippen molar-refractivity contribution in [3.05, 3.63) is 166 Å². The van der Waals surface area contributed by atoms with Crippen LogP contribution in [0.2, 0.25) is 10.0 Å². The van der Waals surface area contributed by atoms with Crippen LogP contribution in [0.1, 0.15) is 22.3 Å². The quantitative estimate of drug-likeness (QED) is 0.103. The number of hydrogen-bond donors (Lipinski definition) is 4. The van der Waals surface area contributed by atoms with Crippen LogP contribution in [0.5, 0.6) is 0 Å². The molecule has 8 rings (SSSR count). The normalized spacial score (nSPS) is 10.5. The standard InChI is InChI=1S/2C21H14ClFN6/c2*22-17-6-15(3-4-18(17)23)29-21-14(8-24)11-26-19-12-28-20(7-16(19)21)27-10-13-2-1-5-25-9-13/h2*1-7,9,11-12H,10H2,(H,26,29)(H,27,28). The molecule has 0 unspecified atom stereocenters. The Bertz CT molecular complexity index is 2640. The summed E-state index contributed by atoms with van der Waals surface area (Å²) in [5.74, 6) is 0.226. The van der Waals surface area contributed by atoms with Gasteiger partial charge in [-0.2, -0.15) is 10.5 Å². The van der Waals surface area contributed by atoms with E-state index in [1.54, 1.807) is 49.3 Å². The largest absolute Gasteiger partial charge is 0.366 e. The lowest BCUT2D eigenvalue weighted by molar-refractivity contribution is 0.628. The Balaban J connectivity index is 0.000000177. The average molecular weight is 810 g/mol. The van der Waals surface area contributed by atoms with Gasteiger partial charge in [0, 0.05) is 72.4 Å². The molecule has 6 aromatic heterocycles. The van der Waals surface area contributed by atoms with Crippen molar-refractivity contribution in [2.24, 2.45) is 0 Å². The van der Waals surface area contributed by atoms with Crippen molar-refractivity contribution in [1.82, 2.24) is 29.9 Å². The SMILES string of the molecule is N#Cc1cnc2cnc(NCc3cccnc3)cc2c1Nc1ccc(F)c(Cl)c1.N#Cc1cnc2cnc(NCc3cccnc3)cc2c1Nc1ccc(F)c(Cl)c1. The number of rotatable bonds is 10. The first kappa shape index (κ1) is 38.7. The number of benzene rings is 2. The lowest BCUT2D eigenvalue weighted by atomic mass is 10.1. The number of nitrogens with one attached hydrogen (secondary N) is 4. The first-order valence-electron chi connectivity index (χ1n) is 17.4. The van der Waals surface area contributed by atoms with E-state index in [-0.39, 0.29) is 10.0 Å². The third-order valence-corrected chi connectivity index (χ3v) is 9.10. The van der Waals surface area contributed by atoms with Crippen LogP contribution >= 0.6 is 23.2 Å². The molecule has 0 fully saturated rings. The van der Waals surface area contributed by atoms with Crippen molar-refractivity contribution < 1.29 is 8.78 Å². The Morgan fingerprint density at radius 3 is 1.38 bits per heavy atom. The van der Waals surface area contributed by atoms with Gasteiger partial charge in [-0.25, -0.2) is 18.7 Å². The highest BCUT2D eigenvalue weighted by Crippen LogP contribution is 2.33. The number of nitriles is 2. The third kappa shape index (κ3) is 9.29. The summed E-state index contributed by atoms with van der Waals surface area (Å²) in [7, 11) is 0. The van der Waals surface area contributed by atoms with Crippen LogP contribution in [0.15, 0.2) is 122 Å². The third-order valence-electron chi connectivity index (χ3n) is 8.52. The minimum absolute atomic E-state index is 0.00707. The summed E-state index contributed by atoms with van der Waals surface area (Å²) < 4.78 is 26.9. The highest BCUT2D eigenvalue weighted by molar-refractivity contribution is 6.31. The fourth-order valence-electron chi connectivity index (χ4n) is 5.65. The summed E-state index contributed by atoms with van der Waals surface area (Å²) in [6, 6.07) is 24.1. The summed E-state index contributed by atoms with van der Waals surface area (Å²) in [5.41, 5.74) is 6.17. The molecule has 284 valence electrons. The van der Waals surface area contributed by atoms with Gasteiger partial charge in [0.25, 0.3) is 0 Å². The molecule has 8 aromatic rings. The minimum atomic E-state index is -0.511. The fraction of sp³-hybridized carbons (Fsp3) is 0.0476. The molecule has 0 saturated heterocycles. The van der Waals surface area contributed by atoms with Crippen LogP contribution in [0.25, 0.3) is 21.8 Å². The smallest absolute Gasteiger partial charge is 0.141 e. The molecule has 0 aliphatic carbocycles. The lowest BCUT2D eigenvalue weighted by Crippen LogP contribution is -2.03. The average Bonchev–Trinajstić information content (AvgIpc) is 3.26. The van der Waals surface area contributed by atoms with Crippen LogP contribution in [-0.4, -0.2) is 29.9 Å². The second-order valence-corrected chi connectivity index (χ2v) is 13.2. The van der Waals surface area contributed by atoms with Crippen LogP contribution in [-0.2, 0) is 13.1 Å². The molecule has 0 aliphatic rings. The summed E-state index contributed by atoms with van der Waals surface area (Å²) in [6.45, 7) is 1.10. The predicted octanol–water partition coefficient (Wildman–Crippen LogP) is 10.1. The van der Waals surface area contributed by atoms with Crippen molar-refractivity contribution in [2.75, 3.05) is 21.3 Å². The zero-order valence-electron chi connectivity index (χ0n) is 30.1. The second-order valence-electron chi connectivity index (χ2n) is 12.4. The Morgan fingerprint density at radius 2 is 1.00 bits per heavy atom. The maximum absolute atomic E-state index is 13.5. The maximum atomic E-state index is 13.5. The molecule has 16 heteroatoms. The first-order chi connectivity index (χ1) is 28.3. The molecule has 0 amide bonds. The molecule has 12 nitrogen and oxygen atoms in total. The number of pyridine rings is 6. The molecule has 6 heterocycles. The summed E-state index contributed by atoms with van der Waals surface area (Å²) in [4.78, 5) is 25.5. The van der Waals surface area contributed by atoms with Crippen LogP contribution in [0, 0.1) is 34.3 Å². The van der Waals surface area contributed by atoms with E-state index in [1.807, 2.05) is 36.4 Å². The molecule has 0 radical (unpaired) electrons. The van der Waals surface area contributed by atoms with Crippen LogP contribution in [0.3, 0.4) is 0 Å². The highest BCUT2D eigenvalue weighted by atomic mass is 35.5. The van der Waals surface area contributed by atoms with Gasteiger partial charge in [0.2, 0.25) is 0 Å². The zero-order valence-corrected chi connectivity index (χ0v) is 31.6. The van der Waals surface area contributed by atoms with E-state index in [4.69, 9.17) is 23.2 Å². The summed E-state index contributed by atoms with van der Waals surface area (Å²) in [5, 5.41) is 33.2. The minimum Gasteiger partial charge on any atom is -0.366 e. The molecular weight excluding hydrogens is 781 g/mol. The number of anilines is 6. The highest BCUT2D eigenvalue weighted by Gasteiger charge is 2.14. The van der Waals surface area contributed by atoms with Gasteiger partial charge in [-0.1, -0.05) is 35.3 Å². The molecular formula is C42H28Cl2F2N12. The van der Waals surface area contributed by atoms with E-state index >= 15 is 0 Å². The van der Waals surface area contributed by atoms with Crippen LogP contribution in [0.4, 0.5) is 43.2 Å². The monoisotopic (exact) mass is 808 g/mol. The molecule has 0 aliphatic heterocycles. The van der Waals surface area contributed by atoms with Gasteiger partial charge in [-0.15, -0.1) is 0 Å². The Hall–Kier alpha value is -7.52. The topological polar surface area (TPSA) is 173 Å². The predicted molar refractivity (Wildman–Crippen MR) is 221 cm³/mol. The number of fused-ring (bicyclic) bond motifs is 2. The van der Waals surface area contributed by atoms with E-state index in [0.29, 0.717) is 80.4 Å². The van der Waals surface area contributed by atoms with E-state index in [1.165, 1.54) is 36.7 Å². The number of hydrogen-bond acceptors (Lipinski definition) is 12. The van der Waals surface area contributed by atoms with Gasteiger partial charge in [-0.05, 0) is 71.8 Å². The molecule has 2 aromatic carbocycles. The van der Waals surface area contributed by atoms with Crippen molar-refractivity contribution in [3.8, 4) is 12.1 Å².